The van der Waals surface area contributed by atoms with E-state index in [4.69, 9.17) is 28.2 Å². The van der Waals surface area contributed by atoms with Gasteiger partial charge in [-0.25, -0.2) is 4.99 Å². The molecule has 0 radical (unpaired) electrons. The van der Waals surface area contributed by atoms with Crippen LogP contribution in [0.25, 0.3) is 0 Å². The second kappa shape index (κ2) is 10.9. The molecule has 39 heavy (non-hydrogen) atoms. The van der Waals surface area contributed by atoms with Gasteiger partial charge in [0.25, 0.3) is 0 Å². The van der Waals surface area contributed by atoms with E-state index in [-0.39, 0.29) is 35.2 Å². The number of carbonyl (C=O) groups is 1. The molecule has 5 rings (SSSR count). The van der Waals surface area contributed by atoms with Crippen LogP contribution in [0.2, 0.25) is 10.0 Å². The van der Waals surface area contributed by atoms with E-state index in [0.717, 1.165) is 29.1 Å². The van der Waals surface area contributed by atoms with Crippen LogP contribution in [0.5, 0.6) is 0 Å². The molecule has 4 atom stereocenters. The van der Waals surface area contributed by atoms with Crippen LogP contribution >= 0.6 is 35.0 Å². The molecule has 1 saturated heterocycles. The van der Waals surface area contributed by atoms with Crippen molar-refractivity contribution in [3.63, 3.8) is 0 Å². The van der Waals surface area contributed by atoms with Crippen molar-refractivity contribution in [2.75, 3.05) is 14.1 Å². The maximum Gasteiger partial charge on any atom is 0.238 e. The number of halogens is 2. The van der Waals surface area contributed by atoms with Gasteiger partial charge >= 0.3 is 0 Å². The molecular weight excluding hydrogens is 547 g/mol. The number of fused-ring (bicyclic) bond motifs is 1. The lowest BCUT2D eigenvalue weighted by molar-refractivity contribution is -0.139. The van der Waals surface area contributed by atoms with E-state index in [1.165, 1.54) is 0 Å². The van der Waals surface area contributed by atoms with Crippen LogP contribution in [0, 0.1) is 5.92 Å². The Hall–Kier alpha value is -1.73. The van der Waals surface area contributed by atoms with E-state index in [1.54, 1.807) is 11.8 Å². The summed E-state index contributed by atoms with van der Waals surface area (Å²) in [5.74, 6) is 0.502. The molecule has 2 heterocycles. The van der Waals surface area contributed by atoms with Crippen LogP contribution in [0.15, 0.2) is 53.5 Å². The zero-order valence-electron chi connectivity index (χ0n) is 23.9. The number of hydrogen-bond donors (Lipinski definition) is 0. The highest BCUT2D eigenvalue weighted by atomic mass is 35.5. The first kappa shape index (κ1) is 28.8. The molecule has 0 spiro atoms. The standard InChI is InChI=1S/C31H40Cl2N4OS/c1-18(2)26-27(29(38)36(19(3)4)25-16-24(17-25)35(6)7)39-30-34-31(5,21-10-14-23(33)15-11-21)28(37(26)30)20-8-12-22(32)13-9-20/h8-15,18-19,24-28H,16-17H2,1-7H3/t24?,25?,26?,27?,28-,31?/m1/s1. The predicted octanol–water partition coefficient (Wildman–Crippen LogP) is 7.09. The molecule has 210 valence electrons. The van der Waals surface area contributed by atoms with Gasteiger partial charge in [-0.15, -0.1) is 0 Å². The van der Waals surface area contributed by atoms with Crippen molar-refractivity contribution < 1.29 is 4.79 Å². The summed E-state index contributed by atoms with van der Waals surface area (Å²) in [6.45, 7) is 11.0. The highest BCUT2D eigenvalue weighted by Gasteiger charge is 2.58. The van der Waals surface area contributed by atoms with Gasteiger partial charge in [0.15, 0.2) is 5.17 Å². The zero-order valence-corrected chi connectivity index (χ0v) is 26.3. The Morgan fingerprint density at radius 1 is 0.974 bits per heavy atom. The molecular formula is C31H40Cl2N4OS. The van der Waals surface area contributed by atoms with Gasteiger partial charge in [0.05, 0.1) is 12.1 Å². The fourth-order valence-corrected chi connectivity index (χ4v) is 8.51. The third-order valence-corrected chi connectivity index (χ3v) is 10.5. The molecule has 1 amide bonds. The molecule has 3 unspecified atom stereocenters. The van der Waals surface area contributed by atoms with Gasteiger partial charge in [-0.1, -0.05) is 73.1 Å². The number of amides is 1. The molecule has 0 N–H and O–H groups in total. The number of carbonyl (C=O) groups excluding carboxylic acids is 1. The Kier molecular flexibility index (Phi) is 8.06. The number of benzene rings is 2. The van der Waals surface area contributed by atoms with Crippen molar-refractivity contribution in [3.8, 4) is 0 Å². The summed E-state index contributed by atoms with van der Waals surface area (Å²) in [7, 11) is 4.26. The second-order valence-electron chi connectivity index (χ2n) is 12.3. The van der Waals surface area contributed by atoms with Gasteiger partial charge in [0.2, 0.25) is 5.91 Å². The smallest absolute Gasteiger partial charge is 0.238 e. The van der Waals surface area contributed by atoms with Crippen LogP contribution in [0.3, 0.4) is 0 Å². The minimum absolute atomic E-state index is 0.0158. The van der Waals surface area contributed by atoms with Gasteiger partial charge in [-0.3, -0.25) is 4.79 Å². The number of amidine groups is 1. The van der Waals surface area contributed by atoms with Crippen molar-refractivity contribution in [2.45, 2.75) is 88.5 Å². The van der Waals surface area contributed by atoms with Gasteiger partial charge in [0.1, 0.15) is 10.8 Å². The fraction of sp³-hybridized carbons (Fsp3) is 0.548. The molecule has 2 fully saturated rings. The Bertz CT molecular complexity index is 1230. The predicted molar refractivity (Wildman–Crippen MR) is 165 cm³/mol. The van der Waals surface area contributed by atoms with Gasteiger partial charge in [-0.05, 0) is 89.0 Å². The minimum Gasteiger partial charge on any atom is -0.337 e. The topological polar surface area (TPSA) is 39.2 Å². The van der Waals surface area contributed by atoms with Crippen LogP contribution in [0.4, 0.5) is 0 Å². The maximum absolute atomic E-state index is 14.4. The summed E-state index contributed by atoms with van der Waals surface area (Å²) in [4.78, 5) is 26.7. The summed E-state index contributed by atoms with van der Waals surface area (Å²) >= 11 is 14.2. The molecule has 3 aliphatic rings. The largest absolute Gasteiger partial charge is 0.337 e. The highest BCUT2D eigenvalue weighted by molar-refractivity contribution is 8.15. The average Bonchev–Trinajstić information content (AvgIpc) is 3.34. The Balaban J connectivity index is 1.54. The van der Waals surface area contributed by atoms with E-state index in [2.05, 4.69) is 87.7 Å². The number of hydrogen-bond acceptors (Lipinski definition) is 5. The van der Waals surface area contributed by atoms with E-state index >= 15 is 0 Å². The molecule has 5 nitrogen and oxygen atoms in total. The third-order valence-electron chi connectivity index (χ3n) is 8.79. The SMILES string of the molecule is CC(C)C1C(C(=O)N(C(C)C)C2CC(N(C)C)C2)SC2=NC(C)(c3ccc(Cl)cc3)[C@@H](c3ccc(Cl)cc3)N21. The number of rotatable bonds is 7. The lowest BCUT2D eigenvalue weighted by Crippen LogP contribution is -2.59. The van der Waals surface area contributed by atoms with E-state index in [1.807, 2.05) is 24.3 Å². The maximum atomic E-state index is 14.4. The molecule has 0 aromatic heterocycles. The summed E-state index contributed by atoms with van der Waals surface area (Å²) in [6, 6.07) is 17.1. The van der Waals surface area contributed by atoms with Crippen LogP contribution in [-0.2, 0) is 10.3 Å². The van der Waals surface area contributed by atoms with Crippen molar-refractivity contribution in [1.29, 1.82) is 0 Å². The number of thioether (sulfide) groups is 1. The molecule has 2 aromatic rings. The van der Waals surface area contributed by atoms with Gasteiger partial charge < -0.3 is 14.7 Å². The second-order valence-corrected chi connectivity index (χ2v) is 14.2. The van der Waals surface area contributed by atoms with Crippen LogP contribution in [-0.4, -0.2) is 69.3 Å². The molecule has 2 aliphatic heterocycles. The Morgan fingerprint density at radius 3 is 2.05 bits per heavy atom. The summed E-state index contributed by atoms with van der Waals surface area (Å²) in [5, 5.41) is 2.17. The molecule has 0 bridgehead atoms. The summed E-state index contributed by atoms with van der Waals surface area (Å²) < 4.78 is 0. The minimum atomic E-state index is -0.535. The van der Waals surface area contributed by atoms with E-state index in [9.17, 15) is 4.79 Å². The molecule has 1 saturated carbocycles. The highest BCUT2D eigenvalue weighted by Crippen LogP contribution is 2.55. The lowest BCUT2D eigenvalue weighted by Gasteiger charge is -2.48. The van der Waals surface area contributed by atoms with Crippen LogP contribution in [0.1, 0.15) is 64.6 Å². The van der Waals surface area contributed by atoms with Gasteiger partial charge in [-0.2, -0.15) is 0 Å². The first-order valence-electron chi connectivity index (χ1n) is 14.0. The first-order valence-corrected chi connectivity index (χ1v) is 15.6. The first-order chi connectivity index (χ1) is 18.4. The molecule has 1 aliphatic carbocycles. The van der Waals surface area contributed by atoms with Crippen molar-refractivity contribution in [3.05, 3.63) is 69.7 Å². The normalized spacial score (nSPS) is 30.1. The molecule has 2 aromatic carbocycles. The average molecular weight is 588 g/mol. The number of aliphatic imine (C=N–C) groups is 1. The quantitative estimate of drug-likeness (QED) is 0.347. The Morgan fingerprint density at radius 2 is 1.54 bits per heavy atom. The third kappa shape index (κ3) is 5.11. The molecule has 8 heteroatoms. The monoisotopic (exact) mass is 586 g/mol. The van der Waals surface area contributed by atoms with Crippen molar-refractivity contribution >= 4 is 46.0 Å². The summed E-state index contributed by atoms with van der Waals surface area (Å²) in [5.41, 5.74) is 1.71. The van der Waals surface area contributed by atoms with Crippen molar-refractivity contribution in [1.82, 2.24) is 14.7 Å². The van der Waals surface area contributed by atoms with Crippen LogP contribution < -0.4 is 0 Å². The van der Waals surface area contributed by atoms with Gasteiger partial charge in [0, 0.05) is 28.2 Å². The van der Waals surface area contributed by atoms with Crippen molar-refractivity contribution in [2.24, 2.45) is 10.9 Å². The Labute approximate surface area is 247 Å². The van der Waals surface area contributed by atoms with E-state index < -0.39 is 5.54 Å². The zero-order chi connectivity index (χ0) is 28.2. The lowest BCUT2D eigenvalue weighted by atomic mass is 9.80. The van der Waals surface area contributed by atoms with E-state index in [0.29, 0.717) is 22.1 Å². The fourth-order valence-electron chi connectivity index (χ4n) is 6.63. The number of nitrogens with zero attached hydrogens (tertiary/aromatic N) is 4. The summed E-state index contributed by atoms with van der Waals surface area (Å²) in [6.07, 6.45) is 2.07.